The molecule has 2 amide bonds. The fourth-order valence-electron chi connectivity index (χ4n) is 4.82. The molecular formula is C34H35Cl2N3O4S. The zero-order chi connectivity index (χ0) is 31.9. The van der Waals surface area contributed by atoms with Gasteiger partial charge in [0.25, 0.3) is 10.0 Å². The first-order valence-electron chi connectivity index (χ1n) is 14.2. The van der Waals surface area contributed by atoms with Crippen molar-refractivity contribution in [1.82, 2.24) is 10.2 Å². The molecular weight excluding hydrogens is 617 g/mol. The first-order chi connectivity index (χ1) is 21.0. The van der Waals surface area contributed by atoms with E-state index in [1.807, 2.05) is 75.4 Å². The predicted octanol–water partition coefficient (Wildman–Crippen LogP) is 6.66. The van der Waals surface area contributed by atoms with Crippen LogP contribution >= 0.6 is 23.2 Å². The van der Waals surface area contributed by atoms with Gasteiger partial charge in [-0.15, -0.1) is 0 Å². The first-order valence-corrected chi connectivity index (χ1v) is 16.4. The molecule has 44 heavy (non-hydrogen) atoms. The number of anilines is 1. The molecule has 7 nitrogen and oxygen atoms in total. The van der Waals surface area contributed by atoms with E-state index in [0.29, 0.717) is 0 Å². The van der Waals surface area contributed by atoms with Crippen LogP contribution in [0, 0.1) is 6.92 Å². The number of hydrogen-bond donors (Lipinski definition) is 1. The fourth-order valence-corrected chi connectivity index (χ4v) is 6.70. The Bertz CT molecular complexity index is 1700. The molecule has 1 N–H and O–H groups in total. The summed E-state index contributed by atoms with van der Waals surface area (Å²) in [5.74, 6) is -0.923. The van der Waals surface area contributed by atoms with Crippen LogP contribution in [0.1, 0.15) is 30.5 Å². The summed E-state index contributed by atoms with van der Waals surface area (Å²) in [5.41, 5.74) is 2.67. The lowest BCUT2D eigenvalue weighted by molar-refractivity contribution is -0.140. The largest absolute Gasteiger partial charge is 0.352 e. The summed E-state index contributed by atoms with van der Waals surface area (Å²) in [5, 5.41) is 3.31. The molecule has 0 aliphatic rings. The molecule has 1 unspecified atom stereocenters. The Kier molecular flexibility index (Phi) is 11.1. The highest BCUT2D eigenvalue weighted by Gasteiger charge is 2.35. The summed E-state index contributed by atoms with van der Waals surface area (Å²) in [6.45, 7) is 5.08. The predicted molar refractivity (Wildman–Crippen MR) is 176 cm³/mol. The molecule has 4 aromatic rings. The number of hydrogen-bond acceptors (Lipinski definition) is 4. The highest BCUT2D eigenvalue weighted by atomic mass is 35.5. The molecule has 0 radical (unpaired) electrons. The Morgan fingerprint density at radius 1 is 0.841 bits per heavy atom. The SMILES string of the molecule is Cc1ccccc1CN(C(=O)CN(c1cc(Cl)ccc1Cl)S(=O)(=O)c1ccccc1)C(Cc1ccccc1)C(=O)NC(C)C. The maximum atomic E-state index is 14.5. The number of nitrogens with zero attached hydrogens (tertiary/aromatic N) is 2. The van der Waals surface area contributed by atoms with E-state index in [4.69, 9.17) is 23.2 Å². The summed E-state index contributed by atoms with van der Waals surface area (Å²) in [6, 6.07) is 28.1. The molecule has 10 heteroatoms. The van der Waals surface area contributed by atoms with Gasteiger partial charge in [-0.05, 0) is 67.8 Å². The van der Waals surface area contributed by atoms with Crippen molar-refractivity contribution in [1.29, 1.82) is 0 Å². The van der Waals surface area contributed by atoms with Crippen molar-refractivity contribution >= 4 is 50.7 Å². The fraction of sp³-hybridized carbons (Fsp3) is 0.235. The normalized spacial score (nSPS) is 12.0. The van der Waals surface area contributed by atoms with Crippen LogP contribution < -0.4 is 9.62 Å². The number of amides is 2. The van der Waals surface area contributed by atoms with Crippen LogP contribution in [0.25, 0.3) is 0 Å². The Hall–Kier alpha value is -3.85. The minimum Gasteiger partial charge on any atom is -0.352 e. The second-order valence-electron chi connectivity index (χ2n) is 10.7. The number of aryl methyl sites for hydroxylation is 1. The van der Waals surface area contributed by atoms with Gasteiger partial charge in [0.1, 0.15) is 12.6 Å². The summed E-state index contributed by atoms with van der Waals surface area (Å²) in [6.07, 6.45) is 0.223. The third-order valence-electron chi connectivity index (χ3n) is 7.09. The van der Waals surface area contributed by atoms with Crippen molar-refractivity contribution in [2.45, 2.75) is 50.7 Å². The minimum absolute atomic E-state index is 0.0207. The van der Waals surface area contributed by atoms with E-state index in [1.165, 1.54) is 29.2 Å². The molecule has 1 atom stereocenters. The molecule has 0 aliphatic carbocycles. The molecule has 0 saturated heterocycles. The van der Waals surface area contributed by atoms with Crippen molar-refractivity contribution in [3.63, 3.8) is 0 Å². The third-order valence-corrected chi connectivity index (χ3v) is 9.42. The van der Waals surface area contributed by atoms with E-state index in [1.54, 1.807) is 24.3 Å². The maximum absolute atomic E-state index is 14.5. The van der Waals surface area contributed by atoms with Crippen molar-refractivity contribution in [2.24, 2.45) is 0 Å². The monoisotopic (exact) mass is 651 g/mol. The van der Waals surface area contributed by atoms with Crippen LogP contribution in [-0.2, 0) is 32.6 Å². The Morgan fingerprint density at radius 3 is 2.09 bits per heavy atom. The topological polar surface area (TPSA) is 86.8 Å². The van der Waals surface area contributed by atoms with Crippen molar-refractivity contribution in [2.75, 3.05) is 10.8 Å². The zero-order valence-electron chi connectivity index (χ0n) is 24.8. The van der Waals surface area contributed by atoms with Gasteiger partial charge in [-0.3, -0.25) is 13.9 Å². The van der Waals surface area contributed by atoms with Gasteiger partial charge in [0.05, 0.1) is 15.6 Å². The van der Waals surface area contributed by atoms with Gasteiger partial charge >= 0.3 is 0 Å². The molecule has 230 valence electrons. The molecule has 4 rings (SSSR count). The van der Waals surface area contributed by atoms with Crippen LogP contribution in [0.5, 0.6) is 0 Å². The van der Waals surface area contributed by atoms with Crippen LogP contribution in [-0.4, -0.2) is 43.8 Å². The maximum Gasteiger partial charge on any atom is 0.264 e. The van der Waals surface area contributed by atoms with Crippen LogP contribution in [0.2, 0.25) is 10.0 Å². The van der Waals surface area contributed by atoms with E-state index in [-0.39, 0.29) is 45.5 Å². The van der Waals surface area contributed by atoms with Crippen LogP contribution in [0.3, 0.4) is 0 Å². The van der Waals surface area contributed by atoms with Crippen LogP contribution in [0.15, 0.2) is 108 Å². The number of benzene rings is 4. The van der Waals surface area contributed by atoms with Gasteiger partial charge in [0.15, 0.2) is 0 Å². The Morgan fingerprint density at radius 2 is 1.45 bits per heavy atom. The molecule has 0 aromatic heterocycles. The summed E-state index contributed by atoms with van der Waals surface area (Å²) in [7, 11) is -4.28. The van der Waals surface area contributed by atoms with E-state index in [0.717, 1.165) is 21.0 Å². The standard InChI is InChI=1S/C34H35Cl2N3O4S/c1-24(2)37-34(41)32(20-26-13-6-4-7-14-26)38(22-27-15-11-10-12-25(27)3)33(40)23-39(31-21-28(35)18-19-30(31)36)44(42,43)29-16-8-5-9-17-29/h4-19,21,24,32H,20,22-23H2,1-3H3,(H,37,41). The quantitative estimate of drug-likeness (QED) is 0.186. The number of rotatable bonds is 12. The zero-order valence-corrected chi connectivity index (χ0v) is 27.1. The van der Waals surface area contributed by atoms with Crippen molar-refractivity contribution in [3.05, 3.63) is 130 Å². The van der Waals surface area contributed by atoms with Gasteiger partial charge in [-0.1, -0.05) is 96.0 Å². The molecule has 4 aromatic carbocycles. The third kappa shape index (κ3) is 8.20. The Balaban J connectivity index is 1.84. The summed E-state index contributed by atoms with van der Waals surface area (Å²) < 4.78 is 29.1. The van der Waals surface area contributed by atoms with E-state index < -0.39 is 28.5 Å². The average molecular weight is 653 g/mol. The average Bonchev–Trinajstić information content (AvgIpc) is 3.00. The number of carbonyl (C=O) groups excluding carboxylic acids is 2. The summed E-state index contributed by atoms with van der Waals surface area (Å²) in [4.78, 5) is 29.7. The number of carbonyl (C=O) groups is 2. The van der Waals surface area contributed by atoms with Crippen molar-refractivity contribution in [3.8, 4) is 0 Å². The molecule has 0 spiro atoms. The lowest BCUT2D eigenvalue weighted by Crippen LogP contribution is -2.54. The van der Waals surface area contributed by atoms with Gasteiger partial charge < -0.3 is 10.2 Å². The van der Waals surface area contributed by atoms with Gasteiger partial charge in [-0.2, -0.15) is 0 Å². The highest BCUT2D eigenvalue weighted by molar-refractivity contribution is 7.92. The summed E-state index contributed by atoms with van der Waals surface area (Å²) >= 11 is 12.8. The first kappa shape index (κ1) is 33.1. The smallest absolute Gasteiger partial charge is 0.264 e. The molecule has 0 bridgehead atoms. The molecule has 0 heterocycles. The number of sulfonamides is 1. The van der Waals surface area contributed by atoms with Gasteiger partial charge in [0, 0.05) is 24.0 Å². The van der Waals surface area contributed by atoms with E-state index in [2.05, 4.69) is 5.32 Å². The lowest BCUT2D eigenvalue weighted by Gasteiger charge is -2.34. The number of nitrogens with one attached hydrogen (secondary N) is 1. The van der Waals surface area contributed by atoms with Crippen LogP contribution in [0.4, 0.5) is 5.69 Å². The highest BCUT2D eigenvalue weighted by Crippen LogP contribution is 2.33. The van der Waals surface area contributed by atoms with Gasteiger partial charge in [0.2, 0.25) is 11.8 Å². The van der Waals surface area contributed by atoms with E-state index in [9.17, 15) is 18.0 Å². The molecule has 0 saturated carbocycles. The molecule has 0 aliphatic heterocycles. The van der Waals surface area contributed by atoms with E-state index >= 15 is 0 Å². The van der Waals surface area contributed by atoms with Crippen molar-refractivity contribution < 1.29 is 18.0 Å². The minimum atomic E-state index is -4.28. The lowest BCUT2D eigenvalue weighted by atomic mass is 10.0. The molecule has 0 fully saturated rings. The number of halogens is 2. The second-order valence-corrected chi connectivity index (χ2v) is 13.4. The second kappa shape index (κ2) is 14.8. The Labute approximate surface area is 269 Å². The van der Waals surface area contributed by atoms with Gasteiger partial charge in [-0.25, -0.2) is 8.42 Å².